The normalized spacial score (nSPS) is 14.0. The lowest BCUT2D eigenvalue weighted by molar-refractivity contribution is 0.673. The molecule has 0 spiro atoms. The predicted molar refractivity (Wildman–Crippen MR) is 37.8 cm³/mol. The van der Waals surface area contributed by atoms with Gasteiger partial charge >= 0.3 is 0 Å². The van der Waals surface area contributed by atoms with Gasteiger partial charge in [0.1, 0.15) is 0 Å². The van der Waals surface area contributed by atoms with Crippen molar-refractivity contribution in [2.45, 2.75) is 6.54 Å². The quantitative estimate of drug-likeness (QED) is 0.575. The van der Waals surface area contributed by atoms with Crippen LogP contribution < -0.4 is 5.43 Å². The van der Waals surface area contributed by atoms with Crippen LogP contribution in [0.4, 0.5) is 5.69 Å². The van der Waals surface area contributed by atoms with Crippen molar-refractivity contribution < 1.29 is 0 Å². The molecule has 1 aromatic carbocycles. The van der Waals surface area contributed by atoms with Crippen LogP contribution in [0.5, 0.6) is 0 Å². The number of benzene rings is 1. The smallest absolute Gasteiger partial charge is 0.0924 e. The van der Waals surface area contributed by atoms with Gasteiger partial charge in [-0.25, -0.2) is 0 Å². The molecule has 1 aliphatic rings. The van der Waals surface area contributed by atoms with Crippen LogP contribution >= 0.6 is 0 Å². The van der Waals surface area contributed by atoms with E-state index in [1.807, 2.05) is 24.3 Å². The third-order valence-corrected chi connectivity index (χ3v) is 1.49. The second-order valence-electron chi connectivity index (χ2n) is 2.16. The number of nitrogens with zero attached hydrogens (tertiary/aromatic N) is 2. The third-order valence-electron chi connectivity index (χ3n) is 1.49. The van der Waals surface area contributed by atoms with Crippen molar-refractivity contribution in [3.8, 4) is 0 Å². The topological polar surface area (TPSA) is 36.8 Å². The highest BCUT2D eigenvalue weighted by molar-refractivity contribution is 5.45. The van der Waals surface area contributed by atoms with Gasteiger partial charge in [0.15, 0.2) is 0 Å². The van der Waals surface area contributed by atoms with Gasteiger partial charge in [0.25, 0.3) is 0 Å². The molecule has 50 valence electrons. The van der Waals surface area contributed by atoms with Crippen molar-refractivity contribution in [1.29, 1.82) is 0 Å². The van der Waals surface area contributed by atoms with E-state index in [-0.39, 0.29) is 0 Å². The minimum absolute atomic E-state index is 0.791. The van der Waals surface area contributed by atoms with Crippen LogP contribution in [0.15, 0.2) is 34.6 Å². The summed E-state index contributed by atoms with van der Waals surface area (Å²) in [4.78, 5) is 0. The van der Waals surface area contributed by atoms with Crippen LogP contribution in [0.1, 0.15) is 5.56 Å². The molecule has 0 atom stereocenters. The van der Waals surface area contributed by atoms with E-state index in [0.29, 0.717) is 0 Å². The van der Waals surface area contributed by atoms with Gasteiger partial charge in [0.2, 0.25) is 0 Å². The van der Waals surface area contributed by atoms with Gasteiger partial charge in [0.05, 0.1) is 12.2 Å². The molecule has 1 aromatic rings. The van der Waals surface area contributed by atoms with E-state index in [0.717, 1.165) is 12.2 Å². The molecule has 2 rings (SSSR count). The summed E-state index contributed by atoms with van der Waals surface area (Å²) in [5.41, 5.74) is 4.98. The first-order valence-electron chi connectivity index (χ1n) is 3.18. The number of fused-ring (bicyclic) bond motifs is 1. The van der Waals surface area contributed by atoms with Crippen molar-refractivity contribution in [1.82, 2.24) is 5.43 Å². The van der Waals surface area contributed by atoms with Crippen molar-refractivity contribution in [2.75, 3.05) is 0 Å². The largest absolute Gasteiger partial charge is 0.287 e. The highest BCUT2D eigenvalue weighted by Gasteiger charge is 2.02. The van der Waals surface area contributed by atoms with Gasteiger partial charge in [0, 0.05) is 5.56 Å². The number of nitrogens with one attached hydrogen (secondary N) is 1. The Morgan fingerprint density at radius 3 is 3.10 bits per heavy atom. The fourth-order valence-corrected chi connectivity index (χ4v) is 0.968. The van der Waals surface area contributed by atoms with E-state index in [9.17, 15) is 0 Å². The fraction of sp³-hybridized carbons (Fsp3) is 0.143. The molecule has 0 bridgehead atoms. The molecular weight excluding hydrogens is 126 g/mol. The summed E-state index contributed by atoms with van der Waals surface area (Å²) in [5, 5.41) is 7.60. The molecule has 1 heterocycles. The molecule has 0 fully saturated rings. The maximum atomic E-state index is 3.91. The number of hydrogen-bond acceptors (Lipinski definition) is 3. The van der Waals surface area contributed by atoms with E-state index < -0.39 is 0 Å². The molecule has 0 aromatic heterocycles. The molecule has 1 N–H and O–H groups in total. The monoisotopic (exact) mass is 133 g/mol. The fourth-order valence-electron chi connectivity index (χ4n) is 0.968. The lowest BCUT2D eigenvalue weighted by Crippen LogP contribution is -2.07. The first-order chi connectivity index (χ1) is 4.97. The standard InChI is InChI=1S/C7H7N3/c1-2-4-7-6(3-1)5-8-10-9-7/h1-4H,5H2,(H,8,9). The summed E-state index contributed by atoms with van der Waals surface area (Å²) < 4.78 is 0. The first-order valence-corrected chi connectivity index (χ1v) is 3.18. The molecule has 0 unspecified atom stereocenters. The van der Waals surface area contributed by atoms with Crippen LogP contribution in [0.25, 0.3) is 0 Å². The zero-order valence-corrected chi connectivity index (χ0v) is 5.41. The summed E-state index contributed by atoms with van der Waals surface area (Å²) in [6.07, 6.45) is 0. The maximum Gasteiger partial charge on any atom is 0.0924 e. The average molecular weight is 133 g/mol. The van der Waals surface area contributed by atoms with Crippen LogP contribution in [0, 0.1) is 0 Å². The van der Waals surface area contributed by atoms with E-state index in [1.54, 1.807) is 0 Å². The van der Waals surface area contributed by atoms with Crippen LogP contribution in [0.3, 0.4) is 0 Å². The summed E-state index contributed by atoms with van der Waals surface area (Å²) in [6.45, 7) is 0.791. The first kappa shape index (κ1) is 5.41. The summed E-state index contributed by atoms with van der Waals surface area (Å²) in [6, 6.07) is 7.96. The minimum Gasteiger partial charge on any atom is -0.287 e. The molecule has 3 heteroatoms. The third kappa shape index (κ3) is 0.757. The van der Waals surface area contributed by atoms with E-state index >= 15 is 0 Å². The molecule has 0 saturated heterocycles. The van der Waals surface area contributed by atoms with Crippen molar-refractivity contribution in [3.05, 3.63) is 29.8 Å². The highest BCUT2D eigenvalue weighted by Crippen LogP contribution is 2.20. The van der Waals surface area contributed by atoms with E-state index in [4.69, 9.17) is 0 Å². The molecule has 0 amide bonds. The van der Waals surface area contributed by atoms with E-state index in [2.05, 4.69) is 15.8 Å². The number of hydrogen-bond donors (Lipinski definition) is 1. The van der Waals surface area contributed by atoms with Gasteiger partial charge in [-0.05, 0) is 6.07 Å². The molecular formula is C7H7N3. The van der Waals surface area contributed by atoms with Gasteiger partial charge in [-0.2, -0.15) is 0 Å². The molecule has 1 aliphatic heterocycles. The second kappa shape index (κ2) is 2.10. The van der Waals surface area contributed by atoms with Crippen molar-refractivity contribution in [2.24, 2.45) is 10.3 Å². The molecule has 0 aliphatic carbocycles. The molecule has 0 radical (unpaired) electrons. The Morgan fingerprint density at radius 2 is 2.20 bits per heavy atom. The minimum atomic E-state index is 0.791. The second-order valence-corrected chi connectivity index (χ2v) is 2.16. The predicted octanol–water partition coefficient (Wildman–Crippen LogP) is 1.79. The van der Waals surface area contributed by atoms with Crippen LogP contribution in [-0.4, -0.2) is 0 Å². The Hall–Kier alpha value is -1.38. The lowest BCUT2D eigenvalue weighted by atomic mass is 10.2. The summed E-state index contributed by atoms with van der Waals surface area (Å²) in [5.74, 6) is 0. The molecule has 3 nitrogen and oxygen atoms in total. The van der Waals surface area contributed by atoms with Gasteiger partial charge in [-0.3, -0.25) is 5.43 Å². The summed E-state index contributed by atoms with van der Waals surface area (Å²) >= 11 is 0. The summed E-state index contributed by atoms with van der Waals surface area (Å²) in [7, 11) is 0. The Morgan fingerprint density at radius 1 is 1.30 bits per heavy atom. The lowest BCUT2D eigenvalue weighted by Gasteiger charge is -2.07. The Kier molecular flexibility index (Phi) is 1.13. The highest BCUT2D eigenvalue weighted by atomic mass is 15.4. The number of rotatable bonds is 0. The molecule has 10 heavy (non-hydrogen) atoms. The van der Waals surface area contributed by atoms with Crippen molar-refractivity contribution in [3.63, 3.8) is 0 Å². The van der Waals surface area contributed by atoms with Crippen molar-refractivity contribution >= 4 is 5.69 Å². The maximum absolute atomic E-state index is 3.91. The zero-order valence-electron chi connectivity index (χ0n) is 5.41. The van der Waals surface area contributed by atoms with Crippen LogP contribution in [-0.2, 0) is 6.54 Å². The Balaban J connectivity index is 2.54. The van der Waals surface area contributed by atoms with Gasteiger partial charge < -0.3 is 0 Å². The van der Waals surface area contributed by atoms with Crippen LogP contribution in [0.2, 0.25) is 0 Å². The zero-order chi connectivity index (χ0) is 6.81. The Labute approximate surface area is 58.8 Å². The van der Waals surface area contributed by atoms with Gasteiger partial charge in [-0.15, -0.1) is 5.11 Å². The van der Waals surface area contributed by atoms with E-state index in [1.165, 1.54) is 5.56 Å². The molecule has 0 saturated carbocycles. The van der Waals surface area contributed by atoms with Gasteiger partial charge in [-0.1, -0.05) is 23.4 Å². The Bertz CT molecular complexity index is 267. The average Bonchev–Trinajstić information content (AvgIpc) is 2.05. The SMILES string of the molecule is c1ccc2c(c1)CNN=N2.